The van der Waals surface area contributed by atoms with E-state index in [0.717, 1.165) is 36.5 Å². The largest absolute Gasteiger partial charge is 0.509 e. The summed E-state index contributed by atoms with van der Waals surface area (Å²) in [6, 6.07) is 5.43. The van der Waals surface area contributed by atoms with Crippen LogP contribution in [-0.2, 0) is 4.79 Å². The minimum absolute atomic E-state index is 0.0591. The molecule has 2 aromatic rings. The fourth-order valence-electron chi connectivity index (χ4n) is 3.99. The molecule has 0 aromatic carbocycles. The van der Waals surface area contributed by atoms with Crippen LogP contribution in [0.5, 0.6) is 0 Å². The van der Waals surface area contributed by atoms with Gasteiger partial charge in [0.25, 0.3) is 0 Å². The average molecular weight is 396 g/mol. The van der Waals surface area contributed by atoms with Gasteiger partial charge in [-0.3, -0.25) is 4.79 Å². The topological polar surface area (TPSA) is 81.9 Å². The Morgan fingerprint density at radius 3 is 2.90 bits per heavy atom. The first-order valence-electron chi connectivity index (χ1n) is 10.5. The van der Waals surface area contributed by atoms with E-state index in [1.807, 2.05) is 28.9 Å². The minimum Gasteiger partial charge on any atom is -0.509 e. The van der Waals surface area contributed by atoms with E-state index >= 15 is 0 Å². The highest BCUT2D eigenvalue weighted by molar-refractivity contribution is 6.05. The molecule has 1 unspecified atom stereocenters. The van der Waals surface area contributed by atoms with E-state index in [0.29, 0.717) is 5.57 Å². The number of nitrogens with zero attached hydrogens (tertiary/aromatic N) is 3. The molecule has 154 valence electrons. The number of hydrogen-bond acceptors (Lipinski definition) is 6. The number of aromatic nitrogens is 2. The fourth-order valence-corrected chi connectivity index (χ4v) is 3.99. The van der Waals surface area contributed by atoms with Crippen LogP contribution in [0.2, 0.25) is 0 Å². The molecule has 29 heavy (non-hydrogen) atoms. The second-order valence-electron chi connectivity index (χ2n) is 7.79. The van der Waals surface area contributed by atoms with Crippen LogP contribution in [-0.4, -0.2) is 57.6 Å². The molecule has 1 atom stereocenters. The van der Waals surface area contributed by atoms with Gasteiger partial charge in [-0.2, -0.15) is 0 Å². The first-order chi connectivity index (χ1) is 14.1. The molecule has 2 aliphatic rings. The van der Waals surface area contributed by atoms with Crippen LogP contribution in [0.3, 0.4) is 0 Å². The molecular formula is C22H29N5O2. The lowest BCUT2D eigenvalue weighted by atomic mass is 10.0. The highest BCUT2D eigenvalue weighted by Crippen LogP contribution is 2.29. The number of carbonyl (C=O) groups is 1. The second-order valence-corrected chi connectivity index (χ2v) is 7.79. The standard InChI is InChI=1S/C22H29N5O2/c1-16-19(28)10-9-17(21(16)29)24-20-18-8-3-6-15-27(18)25-22(20)23-11-7-14-26-12-4-2-5-13-26/h3,6,8-10,15,17,24,29H,2,4-5,7,11-14H2,1H3,(H,23,25). The summed E-state index contributed by atoms with van der Waals surface area (Å²) >= 11 is 0. The van der Waals surface area contributed by atoms with Crippen molar-refractivity contribution >= 4 is 22.8 Å². The van der Waals surface area contributed by atoms with E-state index in [1.54, 1.807) is 13.0 Å². The number of pyridine rings is 1. The molecule has 0 bridgehead atoms. The highest BCUT2D eigenvalue weighted by Gasteiger charge is 2.23. The summed E-state index contributed by atoms with van der Waals surface area (Å²) in [7, 11) is 0. The Morgan fingerprint density at radius 1 is 1.24 bits per heavy atom. The van der Waals surface area contributed by atoms with Crippen molar-refractivity contribution in [3.63, 3.8) is 0 Å². The Labute approximate surface area is 171 Å². The van der Waals surface area contributed by atoms with Gasteiger partial charge in [-0.25, -0.2) is 4.52 Å². The number of allylic oxidation sites excluding steroid dienone is 2. The van der Waals surface area contributed by atoms with Gasteiger partial charge in [-0.05, 0) is 64.0 Å². The van der Waals surface area contributed by atoms with E-state index in [9.17, 15) is 9.90 Å². The predicted molar refractivity (Wildman–Crippen MR) is 115 cm³/mol. The number of likely N-dealkylation sites (tertiary alicyclic amines) is 1. The third kappa shape index (κ3) is 4.29. The summed E-state index contributed by atoms with van der Waals surface area (Å²) in [5, 5.41) is 21.9. The number of aliphatic hydroxyl groups is 1. The number of nitrogens with one attached hydrogen (secondary N) is 2. The third-order valence-electron chi connectivity index (χ3n) is 5.72. The van der Waals surface area contributed by atoms with Crippen molar-refractivity contribution in [2.45, 2.75) is 38.6 Å². The van der Waals surface area contributed by atoms with Gasteiger partial charge in [0.1, 0.15) is 17.5 Å². The Hall–Kier alpha value is -2.80. The number of rotatable bonds is 7. The van der Waals surface area contributed by atoms with Gasteiger partial charge in [0.05, 0.1) is 5.52 Å². The lowest BCUT2D eigenvalue weighted by molar-refractivity contribution is -0.111. The van der Waals surface area contributed by atoms with E-state index in [1.165, 1.54) is 38.4 Å². The van der Waals surface area contributed by atoms with Gasteiger partial charge in [0, 0.05) is 18.3 Å². The molecule has 4 rings (SSSR count). The smallest absolute Gasteiger partial charge is 0.184 e. The summed E-state index contributed by atoms with van der Waals surface area (Å²) in [5.74, 6) is 0.658. The SMILES string of the molecule is CC1=C(O)C(Nc2c(NCCCN3CCCCC3)nn3ccccc23)C=CC1=O. The molecule has 0 saturated carbocycles. The first-order valence-corrected chi connectivity index (χ1v) is 10.5. The van der Waals surface area contributed by atoms with Crippen LogP contribution in [0.1, 0.15) is 32.6 Å². The van der Waals surface area contributed by atoms with Gasteiger partial charge in [-0.15, -0.1) is 5.10 Å². The minimum atomic E-state index is -0.449. The van der Waals surface area contributed by atoms with Gasteiger partial charge >= 0.3 is 0 Å². The quantitative estimate of drug-likeness (QED) is 0.624. The van der Waals surface area contributed by atoms with Crippen molar-refractivity contribution in [2.24, 2.45) is 0 Å². The fraction of sp³-hybridized carbons (Fsp3) is 0.455. The van der Waals surface area contributed by atoms with Crippen LogP contribution in [0, 0.1) is 0 Å². The second kappa shape index (κ2) is 8.69. The van der Waals surface area contributed by atoms with Crippen LogP contribution in [0.15, 0.2) is 47.9 Å². The third-order valence-corrected chi connectivity index (χ3v) is 5.72. The normalized spacial score (nSPS) is 20.4. The van der Waals surface area contributed by atoms with Crippen LogP contribution in [0.25, 0.3) is 5.52 Å². The molecule has 7 heteroatoms. The molecule has 0 amide bonds. The van der Waals surface area contributed by atoms with Crippen molar-refractivity contribution in [3.05, 3.63) is 47.9 Å². The van der Waals surface area contributed by atoms with Gasteiger partial charge in [-0.1, -0.05) is 18.6 Å². The number of aliphatic hydroxyl groups excluding tert-OH is 1. The molecule has 0 spiro atoms. The van der Waals surface area contributed by atoms with Crippen molar-refractivity contribution in [3.8, 4) is 0 Å². The molecule has 2 aromatic heterocycles. The number of hydrogen-bond donors (Lipinski definition) is 3. The van der Waals surface area contributed by atoms with Crippen molar-refractivity contribution in [1.82, 2.24) is 14.5 Å². The summed E-state index contributed by atoms with van der Waals surface area (Å²) in [4.78, 5) is 14.3. The average Bonchev–Trinajstić information content (AvgIpc) is 3.10. The number of fused-ring (bicyclic) bond motifs is 1. The number of piperidine rings is 1. The molecule has 1 fully saturated rings. The lowest BCUT2D eigenvalue weighted by Crippen LogP contribution is -2.31. The molecule has 0 radical (unpaired) electrons. The highest BCUT2D eigenvalue weighted by atomic mass is 16.3. The van der Waals surface area contributed by atoms with Gasteiger partial charge in [0.15, 0.2) is 11.6 Å². The van der Waals surface area contributed by atoms with Gasteiger partial charge in [0.2, 0.25) is 0 Å². The Balaban J connectivity index is 1.47. The molecule has 1 saturated heterocycles. The molecule has 3 heterocycles. The molecular weight excluding hydrogens is 366 g/mol. The van der Waals surface area contributed by atoms with Crippen molar-refractivity contribution in [1.29, 1.82) is 0 Å². The lowest BCUT2D eigenvalue weighted by Gasteiger charge is -2.26. The Bertz CT molecular complexity index is 940. The maximum atomic E-state index is 11.8. The predicted octanol–water partition coefficient (Wildman–Crippen LogP) is 3.37. The van der Waals surface area contributed by atoms with E-state index in [-0.39, 0.29) is 11.5 Å². The van der Waals surface area contributed by atoms with Crippen LogP contribution < -0.4 is 10.6 Å². The van der Waals surface area contributed by atoms with E-state index in [2.05, 4.69) is 20.6 Å². The van der Waals surface area contributed by atoms with Crippen molar-refractivity contribution in [2.75, 3.05) is 36.8 Å². The zero-order valence-electron chi connectivity index (χ0n) is 16.9. The number of ketones is 1. The van der Waals surface area contributed by atoms with E-state index in [4.69, 9.17) is 0 Å². The first kappa shape index (κ1) is 19.5. The van der Waals surface area contributed by atoms with Gasteiger partial charge < -0.3 is 20.6 Å². The number of carbonyl (C=O) groups excluding carboxylic acids is 1. The van der Waals surface area contributed by atoms with Crippen molar-refractivity contribution < 1.29 is 9.90 Å². The molecule has 1 aliphatic carbocycles. The zero-order valence-corrected chi connectivity index (χ0v) is 16.9. The zero-order chi connectivity index (χ0) is 20.2. The Kier molecular flexibility index (Phi) is 5.85. The molecule has 1 aliphatic heterocycles. The van der Waals surface area contributed by atoms with Crippen LogP contribution >= 0.6 is 0 Å². The van der Waals surface area contributed by atoms with E-state index < -0.39 is 6.04 Å². The van der Waals surface area contributed by atoms with Crippen LogP contribution in [0.4, 0.5) is 11.5 Å². The summed E-state index contributed by atoms with van der Waals surface area (Å²) in [6.07, 6.45) is 10.1. The summed E-state index contributed by atoms with van der Waals surface area (Å²) in [6.45, 7) is 5.98. The summed E-state index contributed by atoms with van der Waals surface area (Å²) < 4.78 is 1.82. The molecule has 7 nitrogen and oxygen atoms in total. The Morgan fingerprint density at radius 2 is 2.07 bits per heavy atom. The molecule has 3 N–H and O–H groups in total. The number of anilines is 2. The monoisotopic (exact) mass is 395 g/mol. The summed E-state index contributed by atoms with van der Waals surface area (Å²) in [5.41, 5.74) is 2.12. The maximum Gasteiger partial charge on any atom is 0.184 e. The maximum absolute atomic E-state index is 11.8.